The summed E-state index contributed by atoms with van der Waals surface area (Å²) in [6.07, 6.45) is 1.90. The molecule has 0 aliphatic rings. The quantitative estimate of drug-likeness (QED) is 0.633. The molecule has 82 valence electrons. The van der Waals surface area contributed by atoms with E-state index in [9.17, 15) is 10.0 Å². The monoisotopic (exact) mass is 252 g/mol. The minimum Gasteiger partial charge on any atom is -0.423 e. The predicted octanol–water partition coefficient (Wildman–Crippen LogP) is 1.89. The van der Waals surface area contributed by atoms with Gasteiger partial charge in [-0.1, -0.05) is 35.9 Å². The SMILES string of the molecule is CSc1c(B(O)O)cc(Cl)c2ccccc12. The topological polar surface area (TPSA) is 40.5 Å². The molecule has 2 aromatic carbocycles. The lowest BCUT2D eigenvalue weighted by Gasteiger charge is -2.11. The lowest BCUT2D eigenvalue weighted by atomic mass is 9.79. The van der Waals surface area contributed by atoms with Crippen LogP contribution in [-0.2, 0) is 0 Å². The Hall–Kier alpha value is -0.675. The summed E-state index contributed by atoms with van der Waals surface area (Å²) in [5, 5.41) is 21.0. The first kappa shape index (κ1) is 11.8. The van der Waals surface area contributed by atoms with Gasteiger partial charge in [0.25, 0.3) is 0 Å². The Morgan fingerprint density at radius 3 is 2.38 bits per heavy atom. The van der Waals surface area contributed by atoms with Crippen LogP contribution in [0, 0.1) is 0 Å². The molecule has 0 aliphatic heterocycles. The number of rotatable bonds is 2. The van der Waals surface area contributed by atoms with Gasteiger partial charge in [-0.05, 0) is 23.2 Å². The molecule has 0 spiro atoms. The van der Waals surface area contributed by atoms with E-state index in [1.807, 2.05) is 30.5 Å². The smallest absolute Gasteiger partial charge is 0.423 e. The van der Waals surface area contributed by atoms with Gasteiger partial charge in [-0.3, -0.25) is 0 Å². The van der Waals surface area contributed by atoms with Crippen molar-refractivity contribution in [3.63, 3.8) is 0 Å². The van der Waals surface area contributed by atoms with Crippen LogP contribution in [0.1, 0.15) is 0 Å². The molecule has 0 heterocycles. The molecule has 16 heavy (non-hydrogen) atoms. The van der Waals surface area contributed by atoms with Gasteiger partial charge in [-0.2, -0.15) is 0 Å². The van der Waals surface area contributed by atoms with Crippen molar-refractivity contribution in [3.05, 3.63) is 35.4 Å². The average molecular weight is 253 g/mol. The second-order valence-electron chi connectivity index (χ2n) is 3.40. The summed E-state index contributed by atoms with van der Waals surface area (Å²) in [7, 11) is -1.50. The molecule has 0 saturated heterocycles. The van der Waals surface area contributed by atoms with E-state index in [-0.39, 0.29) is 0 Å². The second kappa shape index (κ2) is 4.68. The van der Waals surface area contributed by atoms with Crippen LogP contribution in [-0.4, -0.2) is 23.4 Å². The van der Waals surface area contributed by atoms with Crippen molar-refractivity contribution in [2.24, 2.45) is 0 Å². The molecule has 2 nitrogen and oxygen atoms in total. The van der Waals surface area contributed by atoms with Crippen LogP contribution >= 0.6 is 23.4 Å². The lowest BCUT2D eigenvalue weighted by Crippen LogP contribution is -2.31. The molecule has 0 aliphatic carbocycles. The third-order valence-electron chi connectivity index (χ3n) is 2.46. The van der Waals surface area contributed by atoms with Crippen molar-refractivity contribution in [1.82, 2.24) is 0 Å². The summed E-state index contributed by atoms with van der Waals surface area (Å²) in [6.45, 7) is 0. The molecule has 5 heteroatoms. The van der Waals surface area contributed by atoms with Gasteiger partial charge in [0, 0.05) is 15.3 Å². The molecule has 0 amide bonds. The van der Waals surface area contributed by atoms with E-state index >= 15 is 0 Å². The minimum atomic E-state index is -1.50. The Morgan fingerprint density at radius 2 is 1.81 bits per heavy atom. The van der Waals surface area contributed by atoms with E-state index in [1.54, 1.807) is 6.07 Å². The maximum absolute atomic E-state index is 9.30. The summed E-state index contributed by atoms with van der Waals surface area (Å²) in [6, 6.07) is 9.28. The second-order valence-corrected chi connectivity index (χ2v) is 4.62. The van der Waals surface area contributed by atoms with E-state index in [2.05, 4.69) is 0 Å². The fourth-order valence-corrected chi connectivity index (χ4v) is 2.82. The molecule has 0 radical (unpaired) electrons. The van der Waals surface area contributed by atoms with Gasteiger partial charge in [0.05, 0.1) is 0 Å². The van der Waals surface area contributed by atoms with Gasteiger partial charge in [0.1, 0.15) is 0 Å². The first-order valence-corrected chi connectivity index (χ1v) is 6.36. The molecule has 0 fully saturated rings. The van der Waals surface area contributed by atoms with E-state index in [0.717, 1.165) is 15.7 Å². The van der Waals surface area contributed by atoms with Crippen LogP contribution in [0.3, 0.4) is 0 Å². The molecule has 2 rings (SSSR count). The van der Waals surface area contributed by atoms with E-state index in [1.165, 1.54) is 11.8 Å². The Labute approximate surface area is 103 Å². The van der Waals surface area contributed by atoms with Crippen molar-refractivity contribution in [1.29, 1.82) is 0 Å². The van der Waals surface area contributed by atoms with Gasteiger partial charge in [0.15, 0.2) is 0 Å². The van der Waals surface area contributed by atoms with Crippen LogP contribution in [0.5, 0.6) is 0 Å². The molecule has 0 unspecified atom stereocenters. The molecule has 0 bridgehead atoms. The highest BCUT2D eigenvalue weighted by Gasteiger charge is 2.19. The highest BCUT2D eigenvalue weighted by atomic mass is 35.5. The van der Waals surface area contributed by atoms with Crippen molar-refractivity contribution in [3.8, 4) is 0 Å². The van der Waals surface area contributed by atoms with Crippen LogP contribution < -0.4 is 5.46 Å². The lowest BCUT2D eigenvalue weighted by molar-refractivity contribution is 0.425. The molecule has 0 saturated carbocycles. The van der Waals surface area contributed by atoms with Gasteiger partial charge in [-0.15, -0.1) is 11.8 Å². The molecule has 2 aromatic rings. The van der Waals surface area contributed by atoms with Crippen LogP contribution in [0.2, 0.25) is 5.02 Å². The number of thioether (sulfide) groups is 1. The maximum Gasteiger partial charge on any atom is 0.489 e. The Kier molecular flexibility index (Phi) is 3.45. The molecular weight excluding hydrogens is 242 g/mol. The number of hydrogen-bond donors (Lipinski definition) is 2. The number of halogens is 1. The Balaban J connectivity index is 2.85. The number of benzene rings is 2. The fourth-order valence-electron chi connectivity index (χ4n) is 1.74. The third kappa shape index (κ3) is 1.94. The first-order valence-electron chi connectivity index (χ1n) is 4.76. The van der Waals surface area contributed by atoms with Crippen molar-refractivity contribution in [2.45, 2.75) is 4.90 Å². The third-order valence-corrected chi connectivity index (χ3v) is 3.63. The maximum atomic E-state index is 9.30. The largest absolute Gasteiger partial charge is 0.489 e. The first-order chi connectivity index (χ1) is 7.65. The zero-order valence-corrected chi connectivity index (χ0v) is 10.2. The van der Waals surface area contributed by atoms with Crippen LogP contribution in [0.15, 0.2) is 35.2 Å². The van der Waals surface area contributed by atoms with Gasteiger partial charge >= 0.3 is 7.12 Å². The summed E-state index contributed by atoms with van der Waals surface area (Å²) in [4.78, 5) is 0.856. The van der Waals surface area contributed by atoms with Gasteiger partial charge in [-0.25, -0.2) is 0 Å². The molecular formula is C11H10BClO2S. The Bertz CT molecular complexity index is 531. The predicted molar refractivity (Wildman–Crippen MR) is 70.6 cm³/mol. The zero-order chi connectivity index (χ0) is 11.7. The Morgan fingerprint density at radius 1 is 1.19 bits per heavy atom. The summed E-state index contributed by atoms with van der Waals surface area (Å²) < 4.78 is 0. The van der Waals surface area contributed by atoms with Gasteiger partial charge < -0.3 is 10.0 Å². The summed E-state index contributed by atoms with van der Waals surface area (Å²) in [5.41, 5.74) is 0.455. The van der Waals surface area contributed by atoms with Gasteiger partial charge in [0.2, 0.25) is 0 Å². The van der Waals surface area contributed by atoms with E-state index in [4.69, 9.17) is 11.6 Å². The minimum absolute atomic E-state index is 0.455. The fraction of sp³-hybridized carbons (Fsp3) is 0.0909. The summed E-state index contributed by atoms with van der Waals surface area (Å²) in [5.74, 6) is 0. The molecule has 2 N–H and O–H groups in total. The normalized spacial score (nSPS) is 10.8. The number of hydrogen-bond acceptors (Lipinski definition) is 3. The summed E-state index contributed by atoms with van der Waals surface area (Å²) >= 11 is 7.59. The van der Waals surface area contributed by atoms with Crippen LogP contribution in [0.4, 0.5) is 0 Å². The standard InChI is InChI=1S/C11H10BClO2S/c1-16-11-8-5-3-2-4-7(8)10(13)6-9(11)12(14)15/h2-6,14-15H,1H3. The molecule has 0 aromatic heterocycles. The highest BCUT2D eigenvalue weighted by Crippen LogP contribution is 2.30. The highest BCUT2D eigenvalue weighted by molar-refractivity contribution is 7.99. The van der Waals surface area contributed by atoms with Crippen molar-refractivity contribution >= 4 is 46.7 Å². The van der Waals surface area contributed by atoms with Crippen molar-refractivity contribution in [2.75, 3.05) is 6.26 Å². The van der Waals surface area contributed by atoms with Crippen LogP contribution in [0.25, 0.3) is 10.8 Å². The van der Waals surface area contributed by atoms with E-state index in [0.29, 0.717) is 10.5 Å². The average Bonchev–Trinajstić information content (AvgIpc) is 2.29. The van der Waals surface area contributed by atoms with Crippen molar-refractivity contribution < 1.29 is 10.0 Å². The number of fused-ring (bicyclic) bond motifs is 1. The van der Waals surface area contributed by atoms with E-state index < -0.39 is 7.12 Å². The molecule has 0 atom stereocenters. The zero-order valence-electron chi connectivity index (χ0n) is 8.64.